The van der Waals surface area contributed by atoms with E-state index in [4.69, 9.17) is 5.11 Å². The highest BCUT2D eigenvalue weighted by Gasteiger charge is 2.09. The standard InChI is InChI=1S/C12H20N4O3/c1-16(9-10-13-7-8-14-10)12(19)15-6-4-2-3-5-11(17)18/h7-8H,2-6,9H2,1H3,(H,13,14)(H,15,19)(H,17,18). The van der Waals surface area contributed by atoms with Crippen molar-refractivity contribution in [1.82, 2.24) is 20.2 Å². The summed E-state index contributed by atoms with van der Waals surface area (Å²) < 4.78 is 0. The fourth-order valence-electron chi connectivity index (χ4n) is 1.59. The van der Waals surface area contributed by atoms with E-state index in [0.29, 0.717) is 19.5 Å². The van der Waals surface area contributed by atoms with Gasteiger partial charge >= 0.3 is 12.0 Å². The monoisotopic (exact) mass is 268 g/mol. The van der Waals surface area contributed by atoms with E-state index < -0.39 is 5.97 Å². The Morgan fingerprint density at radius 3 is 2.84 bits per heavy atom. The third kappa shape index (κ3) is 6.44. The number of carboxylic acids is 1. The summed E-state index contributed by atoms with van der Waals surface area (Å²) >= 11 is 0. The molecule has 0 aromatic carbocycles. The number of aliphatic carboxylic acids is 1. The summed E-state index contributed by atoms with van der Waals surface area (Å²) in [6.45, 7) is 0.985. The zero-order valence-corrected chi connectivity index (χ0v) is 11.1. The molecule has 7 nitrogen and oxygen atoms in total. The number of hydrogen-bond donors (Lipinski definition) is 3. The normalized spacial score (nSPS) is 10.2. The van der Waals surface area contributed by atoms with Gasteiger partial charge in [-0.2, -0.15) is 0 Å². The van der Waals surface area contributed by atoms with Gasteiger partial charge in [0.25, 0.3) is 0 Å². The minimum absolute atomic E-state index is 0.158. The van der Waals surface area contributed by atoms with Gasteiger partial charge in [0.15, 0.2) is 0 Å². The van der Waals surface area contributed by atoms with Crippen LogP contribution >= 0.6 is 0 Å². The number of carbonyl (C=O) groups excluding carboxylic acids is 1. The summed E-state index contributed by atoms with van der Waals surface area (Å²) in [5.41, 5.74) is 0. The molecule has 0 aliphatic heterocycles. The fraction of sp³-hybridized carbons (Fsp3) is 0.583. The third-order valence-electron chi connectivity index (χ3n) is 2.63. The number of amides is 2. The summed E-state index contributed by atoms with van der Waals surface area (Å²) in [6, 6.07) is -0.158. The van der Waals surface area contributed by atoms with Crippen molar-refractivity contribution in [1.29, 1.82) is 0 Å². The molecule has 0 aliphatic carbocycles. The van der Waals surface area contributed by atoms with Crippen LogP contribution in [-0.4, -0.2) is 45.6 Å². The molecule has 19 heavy (non-hydrogen) atoms. The molecule has 0 radical (unpaired) electrons. The van der Waals surface area contributed by atoms with Crippen molar-refractivity contribution in [2.45, 2.75) is 32.2 Å². The number of imidazole rings is 1. The number of urea groups is 1. The number of aromatic amines is 1. The molecule has 1 aromatic rings. The van der Waals surface area contributed by atoms with Crippen molar-refractivity contribution in [2.75, 3.05) is 13.6 Å². The Morgan fingerprint density at radius 1 is 1.42 bits per heavy atom. The maximum absolute atomic E-state index is 11.7. The van der Waals surface area contributed by atoms with E-state index >= 15 is 0 Å². The van der Waals surface area contributed by atoms with Crippen LogP contribution in [0.2, 0.25) is 0 Å². The molecule has 0 unspecified atom stereocenters. The maximum atomic E-state index is 11.7. The molecule has 0 atom stereocenters. The first-order valence-electron chi connectivity index (χ1n) is 6.28. The van der Waals surface area contributed by atoms with Crippen LogP contribution in [0.1, 0.15) is 31.5 Å². The Balaban J connectivity index is 2.08. The van der Waals surface area contributed by atoms with Crippen LogP contribution in [-0.2, 0) is 11.3 Å². The van der Waals surface area contributed by atoms with Crippen LogP contribution in [0.15, 0.2) is 12.4 Å². The maximum Gasteiger partial charge on any atom is 0.317 e. The van der Waals surface area contributed by atoms with Crippen molar-refractivity contribution in [3.63, 3.8) is 0 Å². The lowest BCUT2D eigenvalue weighted by atomic mass is 10.2. The molecule has 0 aliphatic rings. The largest absolute Gasteiger partial charge is 0.481 e. The summed E-state index contributed by atoms with van der Waals surface area (Å²) in [6.07, 6.45) is 5.77. The van der Waals surface area contributed by atoms with E-state index in [1.165, 1.54) is 4.90 Å². The van der Waals surface area contributed by atoms with Gasteiger partial charge in [-0.3, -0.25) is 4.79 Å². The summed E-state index contributed by atoms with van der Waals surface area (Å²) in [7, 11) is 1.70. The Labute approximate surface area is 112 Å². The lowest BCUT2D eigenvalue weighted by Gasteiger charge is -2.16. The number of hydrogen-bond acceptors (Lipinski definition) is 3. The molecule has 0 saturated heterocycles. The molecule has 2 amide bonds. The van der Waals surface area contributed by atoms with E-state index in [9.17, 15) is 9.59 Å². The predicted octanol–water partition coefficient (Wildman–Crippen LogP) is 1.20. The average molecular weight is 268 g/mol. The average Bonchev–Trinajstić information content (AvgIpc) is 2.85. The second-order valence-electron chi connectivity index (χ2n) is 4.33. The Kier molecular flexibility index (Phi) is 6.42. The Bertz CT molecular complexity index is 392. The lowest BCUT2D eigenvalue weighted by Crippen LogP contribution is -2.37. The van der Waals surface area contributed by atoms with Crippen LogP contribution in [0.4, 0.5) is 4.79 Å². The minimum Gasteiger partial charge on any atom is -0.481 e. The van der Waals surface area contributed by atoms with E-state index in [-0.39, 0.29) is 12.5 Å². The number of unbranched alkanes of at least 4 members (excludes halogenated alkanes) is 2. The SMILES string of the molecule is CN(Cc1ncc[nH]1)C(=O)NCCCCCC(=O)O. The molecule has 0 bridgehead atoms. The van der Waals surface area contributed by atoms with Crippen molar-refractivity contribution in [3.8, 4) is 0 Å². The molecule has 1 rings (SSSR count). The van der Waals surface area contributed by atoms with Crippen LogP contribution in [0.25, 0.3) is 0 Å². The summed E-state index contributed by atoms with van der Waals surface area (Å²) in [5.74, 6) is -0.0404. The van der Waals surface area contributed by atoms with Gasteiger partial charge < -0.3 is 20.3 Å². The number of aromatic nitrogens is 2. The molecule has 0 fully saturated rings. The fourth-order valence-corrected chi connectivity index (χ4v) is 1.59. The molecule has 1 aromatic heterocycles. The quantitative estimate of drug-likeness (QED) is 0.617. The van der Waals surface area contributed by atoms with Crippen molar-refractivity contribution < 1.29 is 14.7 Å². The van der Waals surface area contributed by atoms with E-state index in [1.807, 2.05) is 0 Å². The molecule has 106 valence electrons. The molecular formula is C12H20N4O3. The van der Waals surface area contributed by atoms with E-state index in [0.717, 1.165) is 18.7 Å². The first-order valence-corrected chi connectivity index (χ1v) is 6.28. The van der Waals surface area contributed by atoms with Gasteiger partial charge in [0, 0.05) is 32.4 Å². The van der Waals surface area contributed by atoms with E-state index in [2.05, 4.69) is 15.3 Å². The molecular weight excluding hydrogens is 248 g/mol. The van der Waals surface area contributed by atoms with Gasteiger partial charge in [-0.1, -0.05) is 6.42 Å². The first-order chi connectivity index (χ1) is 9.09. The summed E-state index contributed by atoms with van der Waals surface area (Å²) in [4.78, 5) is 30.5. The number of carboxylic acid groups (broad SMARTS) is 1. The van der Waals surface area contributed by atoms with Gasteiger partial charge in [-0.05, 0) is 12.8 Å². The van der Waals surface area contributed by atoms with Crippen molar-refractivity contribution in [3.05, 3.63) is 18.2 Å². The highest BCUT2D eigenvalue weighted by molar-refractivity contribution is 5.73. The number of carbonyl (C=O) groups is 2. The Hall–Kier alpha value is -2.05. The highest BCUT2D eigenvalue weighted by atomic mass is 16.4. The van der Waals surface area contributed by atoms with Gasteiger partial charge in [-0.15, -0.1) is 0 Å². The van der Waals surface area contributed by atoms with Gasteiger partial charge in [0.1, 0.15) is 5.82 Å². The third-order valence-corrected chi connectivity index (χ3v) is 2.63. The molecule has 0 saturated carbocycles. The summed E-state index contributed by atoms with van der Waals surface area (Å²) in [5, 5.41) is 11.2. The van der Waals surface area contributed by atoms with Gasteiger partial charge in [-0.25, -0.2) is 9.78 Å². The zero-order valence-electron chi connectivity index (χ0n) is 11.1. The lowest BCUT2D eigenvalue weighted by molar-refractivity contribution is -0.137. The van der Waals surface area contributed by atoms with Crippen molar-refractivity contribution in [2.24, 2.45) is 0 Å². The second kappa shape index (κ2) is 8.12. The number of rotatable bonds is 8. The Morgan fingerprint density at radius 2 is 2.21 bits per heavy atom. The number of H-pyrrole nitrogens is 1. The molecule has 7 heteroatoms. The predicted molar refractivity (Wildman–Crippen MR) is 69.6 cm³/mol. The van der Waals surface area contributed by atoms with Crippen LogP contribution in [0.3, 0.4) is 0 Å². The highest BCUT2D eigenvalue weighted by Crippen LogP contribution is 1.99. The second-order valence-corrected chi connectivity index (χ2v) is 4.33. The number of nitrogens with zero attached hydrogens (tertiary/aromatic N) is 2. The van der Waals surface area contributed by atoms with Gasteiger partial charge in [0.05, 0.1) is 6.54 Å². The number of nitrogens with one attached hydrogen (secondary N) is 2. The van der Waals surface area contributed by atoms with Crippen LogP contribution in [0.5, 0.6) is 0 Å². The van der Waals surface area contributed by atoms with Crippen LogP contribution < -0.4 is 5.32 Å². The first kappa shape index (κ1) is 15.0. The van der Waals surface area contributed by atoms with Crippen LogP contribution in [0, 0.1) is 0 Å². The minimum atomic E-state index is -0.776. The van der Waals surface area contributed by atoms with Gasteiger partial charge in [0.2, 0.25) is 0 Å². The molecule has 3 N–H and O–H groups in total. The molecule has 0 spiro atoms. The zero-order chi connectivity index (χ0) is 14.1. The van der Waals surface area contributed by atoms with Crippen molar-refractivity contribution >= 4 is 12.0 Å². The smallest absolute Gasteiger partial charge is 0.317 e. The topological polar surface area (TPSA) is 98.3 Å². The molecule has 1 heterocycles. The van der Waals surface area contributed by atoms with E-state index in [1.54, 1.807) is 19.4 Å².